The highest BCUT2D eigenvalue weighted by atomic mass is 16.5. The van der Waals surface area contributed by atoms with Crippen LogP contribution in [0.2, 0.25) is 0 Å². The number of hydrogen-bond acceptors (Lipinski definition) is 2. The highest BCUT2D eigenvalue weighted by molar-refractivity contribution is 5.54. The molecule has 1 aromatic rings. The van der Waals surface area contributed by atoms with Gasteiger partial charge in [-0.1, -0.05) is 43.8 Å². The van der Waals surface area contributed by atoms with E-state index >= 15 is 0 Å². The fourth-order valence-corrected chi connectivity index (χ4v) is 4.57. The molecule has 2 aliphatic rings. The van der Waals surface area contributed by atoms with Crippen LogP contribution in [-0.2, 0) is 6.42 Å². The average Bonchev–Trinajstić information content (AvgIpc) is 2.59. The zero-order valence-corrected chi connectivity index (χ0v) is 17.4. The molecule has 27 heavy (non-hydrogen) atoms. The molecule has 0 aromatic heterocycles. The maximum absolute atomic E-state index is 10.8. The van der Waals surface area contributed by atoms with Crippen LogP contribution in [0.4, 0.5) is 0 Å². The van der Waals surface area contributed by atoms with Gasteiger partial charge in [-0.2, -0.15) is 0 Å². The lowest BCUT2D eigenvalue weighted by Gasteiger charge is -2.46. The molecular weight excluding hydrogens is 332 g/mol. The average molecular weight is 367 g/mol. The summed E-state index contributed by atoms with van der Waals surface area (Å²) >= 11 is 0. The van der Waals surface area contributed by atoms with Gasteiger partial charge in [0.25, 0.3) is 0 Å². The van der Waals surface area contributed by atoms with E-state index in [4.69, 9.17) is 4.74 Å². The number of fused-ring (bicyclic) bond motifs is 3. The predicted octanol–water partition coefficient (Wildman–Crippen LogP) is 6.52. The van der Waals surface area contributed by atoms with Gasteiger partial charge >= 0.3 is 0 Å². The number of rotatable bonds is 5. The lowest BCUT2D eigenvalue weighted by molar-refractivity contribution is 0.0107. The molecule has 0 radical (unpaired) electrons. The predicted molar refractivity (Wildman–Crippen MR) is 112 cm³/mol. The van der Waals surface area contributed by atoms with Crippen LogP contribution in [-0.4, -0.2) is 10.7 Å². The van der Waals surface area contributed by atoms with Gasteiger partial charge in [0.2, 0.25) is 0 Å². The molecule has 0 saturated heterocycles. The van der Waals surface area contributed by atoms with E-state index in [1.54, 1.807) is 0 Å². The second-order valence-corrected chi connectivity index (χ2v) is 8.76. The molecule has 146 valence electrons. The summed E-state index contributed by atoms with van der Waals surface area (Å²) in [5.74, 6) is 8.41. The second-order valence-electron chi connectivity index (χ2n) is 8.76. The maximum atomic E-state index is 10.8. The number of ether oxygens (including phenoxy) is 1. The fraction of sp³-hybridized carbons (Fsp3) is 0.600. The van der Waals surface area contributed by atoms with Crippen molar-refractivity contribution >= 4 is 0 Å². The minimum atomic E-state index is -0.217. The van der Waals surface area contributed by atoms with E-state index in [0.29, 0.717) is 18.1 Å². The lowest BCUT2D eigenvalue weighted by atomic mass is 9.68. The zero-order chi connectivity index (χ0) is 19.4. The molecule has 0 amide bonds. The summed E-state index contributed by atoms with van der Waals surface area (Å²) in [5, 5.41) is 10.8. The summed E-state index contributed by atoms with van der Waals surface area (Å²) in [6.45, 7) is 8.79. The van der Waals surface area contributed by atoms with Crippen LogP contribution in [0.5, 0.6) is 11.5 Å². The van der Waals surface area contributed by atoms with Crippen molar-refractivity contribution in [1.29, 1.82) is 0 Å². The third-order valence-electron chi connectivity index (χ3n) is 6.10. The molecule has 0 bridgehead atoms. The van der Waals surface area contributed by atoms with Crippen molar-refractivity contribution in [3.63, 3.8) is 0 Å². The summed E-state index contributed by atoms with van der Waals surface area (Å²) in [6, 6.07) is 3.98. The molecule has 1 N–H and O–H groups in total. The van der Waals surface area contributed by atoms with Crippen molar-refractivity contribution < 1.29 is 9.84 Å². The first kappa shape index (κ1) is 19.9. The van der Waals surface area contributed by atoms with Crippen LogP contribution >= 0.6 is 0 Å². The fourth-order valence-electron chi connectivity index (χ4n) is 4.57. The SMILES string of the molecule is CCCCCCC#CCc1cc(O)c2c(c1)OC(C)(C)[C@@H]1CCC(C)=C[C@@H]21. The van der Waals surface area contributed by atoms with Gasteiger partial charge in [-0.05, 0) is 57.7 Å². The quantitative estimate of drug-likeness (QED) is 0.365. The summed E-state index contributed by atoms with van der Waals surface area (Å²) in [4.78, 5) is 0. The highest BCUT2D eigenvalue weighted by Gasteiger charge is 2.45. The number of benzene rings is 1. The molecule has 0 saturated carbocycles. The Labute approximate surface area is 165 Å². The van der Waals surface area contributed by atoms with E-state index in [1.165, 1.54) is 31.3 Å². The van der Waals surface area contributed by atoms with Gasteiger partial charge in [-0.25, -0.2) is 0 Å². The Bertz CT molecular complexity index is 761. The molecule has 1 heterocycles. The van der Waals surface area contributed by atoms with E-state index in [9.17, 15) is 5.11 Å². The smallest absolute Gasteiger partial charge is 0.127 e. The van der Waals surface area contributed by atoms with E-state index in [1.807, 2.05) is 6.07 Å². The van der Waals surface area contributed by atoms with Crippen LogP contribution in [0.3, 0.4) is 0 Å². The molecule has 3 rings (SSSR count). The van der Waals surface area contributed by atoms with Crippen molar-refractivity contribution in [2.75, 3.05) is 0 Å². The van der Waals surface area contributed by atoms with Crippen molar-refractivity contribution in [2.45, 2.75) is 90.6 Å². The van der Waals surface area contributed by atoms with Crippen LogP contribution in [0.15, 0.2) is 23.8 Å². The standard InChI is InChI=1S/C25H34O2/c1-5-6-7-8-9-10-11-12-19-16-22(26)24-20-15-18(2)13-14-21(20)25(3,4)27-23(24)17-19/h15-17,20-21,26H,5-9,12-14H2,1-4H3/t20-,21-/m1/s1. The van der Waals surface area contributed by atoms with Gasteiger partial charge in [-0.15, -0.1) is 5.92 Å². The normalized spacial score (nSPS) is 22.6. The maximum Gasteiger partial charge on any atom is 0.127 e. The van der Waals surface area contributed by atoms with E-state index in [-0.39, 0.29) is 11.5 Å². The summed E-state index contributed by atoms with van der Waals surface area (Å²) < 4.78 is 6.38. The number of unbranched alkanes of at least 4 members (excludes halogenated alkanes) is 4. The molecule has 1 aliphatic carbocycles. The third kappa shape index (κ3) is 4.52. The Kier molecular flexibility index (Phi) is 6.20. The Balaban J connectivity index is 1.78. The minimum absolute atomic E-state index is 0.217. The zero-order valence-electron chi connectivity index (χ0n) is 17.4. The first-order valence-electron chi connectivity index (χ1n) is 10.6. The van der Waals surface area contributed by atoms with Crippen LogP contribution in [0.25, 0.3) is 0 Å². The largest absolute Gasteiger partial charge is 0.507 e. The van der Waals surface area contributed by atoms with E-state index in [0.717, 1.165) is 36.1 Å². The Morgan fingerprint density at radius 2 is 2.00 bits per heavy atom. The number of aromatic hydroxyl groups is 1. The van der Waals surface area contributed by atoms with Gasteiger partial charge in [0.15, 0.2) is 0 Å². The van der Waals surface area contributed by atoms with Crippen molar-refractivity contribution in [1.82, 2.24) is 0 Å². The van der Waals surface area contributed by atoms with Gasteiger partial charge in [0.05, 0.1) is 0 Å². The summed E-state index contributed by atoms with van der Waals surface area (Å²) in [6.07, 6.45) is 11.2. The first-order valence-corrected chi connectivity index (χ1v) is 10.6. The number of phenols is 1. The lowest BCUT2D eigenvalue weighted by Crippen LogP contribution is -2.45. The van der Waals surface area contributed by atoms with Gasteiger partial charge in [-0.3, -0.25) is 0 Å². The van der Waals surface area contributed by atoms with Crippen molar-refractivity contribution in [3.05, 3.63) is 34.9 Å². The van der Waals surface area contributed by atoms with Crippen molar-refractivity contribution in [2.24, 2.45) is 5.92 Å². The number of hydrogen-bond donors (Lipinski definition) is 1. The number of allylic oxidation sites excluding steroid dienone is 2. The second kappa shape index (κ2) is 8.42. The minimum Gasteiger partial charge on any atom is -0.507 e. The van der Waals surface area contributed by atoms with Crippen LogP contribution in [0, 0.1) is 17.8 Å². The molecule has 1 aromatic carbocycles. The molecule has 1 aliphatic heterocycles. The first-order chi connectivity index (χ1) is 12.9. The van der Waals surface area contributed by atoms with Gasteiger partial charge in [0.1, 0.15) is 17.1 Å². The molecule has 2 atom stereocenters. The Hall–Kier alpha value is -1.88. The molecule has 0 fully saturated rings. The molecule has 0 spiro atoms. The van der Waals surface area contributed by atoms with Crippen LogP contribution < -0.4 is 4.74 Å². The third-order valence-corrected chi connectivity index (χ3v) is 6.10. The summed E-state index contributed by atoms with van der Waals surface area (Å²) in [7, 11) is 0. The van der Waals surface area contributed by atoms with Crippen molar-refractivity contribution in [3.8, 4) is 23.3 Å². The molecule has 0 unspecified atom stereocenters. The Morgan fingerprint density at radius 1 is 1.19 bits per heavy atom. The van der Waals surface area contributed by atoms with Gasteiger partial charge < -0.3 is 9.84 Å². The monoisotopic (exact) mass is 366 g/mol. The van der Waals surface area contributed by atoms with E-state index < -0.39 is 0 Å². The Morgan fingerprint density at radius 3 is 2.78 bits per heavy atom. The van der Waals surface area contributed by atoms with E-state index in [2.05, 4.69) is 51.7 Å². The van der Waals surface area contributed by atoms with Gasteiger partial charge in [0, 0.05) is 30.2 Å². The molecule has 2 nitrogen and oxygen atoms in total. The summed E-state index contributed by atoms with van der Waals surface area (Å²) in [5.41, 5.74) is 3.20. The highest BCUT2D eigenvalue weighted by Crippen LogP contribution is 2.53. The number of phenolic OH excluding ortho intramolecular Hbond substituents is 1. The topological polar surface area (TPSA) is 29.5 Å². The molecular formula is C25H34O2. The molecule has 2 heteroatoms. The van der Waals surface area contributed by atoms with Crippen LogP contribution in [0.1, 0.15) is 89.7 Å².